The molecule has 1 saturated carbocycles. The number of aliphatic hydroxyl groups excluding tert-OH is 1. The number of rotatable bonds is 5. The fraction of sp³-hybridized carbons (Fsp3) is 0.933. The topological polar surface area (TPSA) is 62.5 Å². The molecule has 0 aromatic heterocycles. The molecule has 0 aromatic rings. The molecule has 2 aliphatic rings. The van der Waals surface area contributed by atoms with Gasteiger partial charge in [0.25, 0.3) is 0 Å². The molecule has 0 spiro atoms. The van der Waals surface area contributed by atoms with Gasteiger partial charge in [0, 0.05) is 6.42 Å². The Kier molecular flexibility index (Phi) is 6.09. The first kappa shape index (κ1) is 14.8. The van der Waals surface area contributed by atoms with Crippen molar-refractivity contribution < 1.29 is 14.6 Å². The second-order valence-corrected chi connectivity index (χ2v) is 5.70. The summed E-state index contributed by atoms with van der Waals surface area (Å²) in [6.07, 6.45) is 9.05. The Morgan fingerprint density at radius 1 is 1.21 bits per heavy atom. The Balaban J connectivity index is 1.84. The van der Waals surface area contributed by atoms with Crippen LogP contribution in [-0.2, 0) is 9.47 Å². The minimum atomic E-state index is -0.202. The summed E-state index contributed by atoms with van der Waals surface area (Å²) in [6.45, 7) is 0.457. The number of ether oxygens (including phenoxy) is 2. The lowest BCUT2D eigenvalue weighted by Gasteiger charge is -2.21. The highest BCUT2D eigenvalue weighted by Gasteiger charge is 2.39. The van der Waals surface area contributed by atoms with Gasteiger partial charge in [0.1, 0.15) is 6.10 Å². The molecule has 1 saturated heterocycles. The van der Waals surface area contributed by atoms with Crippen molar-refractivity contribution in [3.05, 3.63) is 0 Å². The molecule has 0 aromatic carbocycles. The first-order chi connectivity index (χ1) is 9.35. The van der Waals surface area contributed by atoms with Crippen LogP contribution in [0, 0.1) is 17.2 Å². The predicted molar refractivity (Wildman–Crippen MR) is 71.5 cm³/mol. The maximum absolute atomic E-state index is 9.39. The van der Waals surface area contributed by atoms with Gasteiger partial charge in [0.2, 0.25) is 0 Å². The van der Waals surface area contributed by atoms with Gasteiger partial charge in [0.15, 0.2) is 0 Å². The summed E-state index contributed by atoms with van der Waals surface area (Å²) >= 11 is 0. The zero-order chi connectivity index (χ0) is 13.5. The number of hydrogen-bond donors (Lipinski definition) is 1. The Hall–Kier alpha value is -0.630. The van der Waals surface area contributed by atoms with Crippen LogP contribution >= 0.6 is 0 Å². The van der Waals surface area contributed by atoms with Crippen LogP contribution in [0.3, 0.4) is 0 Å². The highest BCUT2D eigenvalue weighted by Crippen LogP contribution is 2.35. The molecule has 1 aliphatic heterocycles. The van der Waals surface area contributed by atoms with Crippen molar-refractivity contribution in [3.63, 3.8) is 0 Å². The Bertz CT molecular complexity index is 294. The van der Waals surface area contributed by atoms with E-state index in [9.17, 15) is 5.11 Å². The monoisotopic (exact) mass is 267 g/mol. The van der Waals surface area contributed by atoms with E-state index in [4.69, 9.17) is 14.7 Å². The molecule has 108 valence electrons. The molecule has 2 fully saturated rings. The van der Waals surface area contributed by atoms with Gasteiger partial charge in [-0.05, 0) is 18.8 Å². The lowest BCUT2D eigenvalue weighted by molar-refractivity contribution is -0.0569. The fourth-order valence-corrected chi connectivity index (χ4v) is 3.33. The maximum atomic E-state index is 9.39. The number of aliphatic hydroxyl groups is 1. The largest absolute Gasteiger partial charge is 0.394 e. The van der Waals surface area contributed by atoms with Gasteiger partial charge >= 0.3 is 0 Å². The number of nitrogens with zero attached hydrogens (tertiary/aromatic N) is 1. The molecule has 4 heteroatoms. The quantitative estimate of drug-likeness (QED) is 0.613. The molecule has 0 bridgehead atoms. The van der Waals surface area contributed by atoms with Crippen molar-refractivity contribution >= 4 is 0 Å². The third kappa shape index (κ3) is 4.17. The molecular weight excluding hydrogens is 242 g/mol. The second kappa shape index (κ2) is 7.84. The molecule has 1 N–H and O–H groups in total. The van der Waals surface area contributed by atoms with Gasteiger partial charge in [-0.1, -0.05) is 25.7 Å². The van der Waals surface area contributed by atoms with Gasteiger partial charge < -0.3 is 14.6 Å². The molecular formula is C15H25NO3. The molecule has 19 heavy (non-hydrogen) atoms. The zero-order valence-corrected chi connectivity index (χ0v) is 11.6. The number of nitriles is 1. The molecule has 0 amide bonds. The van der Waals surface area contributed by atoms with Gasteiger partial charge in [-0.25, -0.2) is 0 Å². The van der Waals surface area contributed by atoms with Gasteiger partial charge in [-0.3, -0.25) is 0 Å². The summed E-state index contributed by atoms with van der Waals surface area (Å²) in [5.41, 5.74) is 0. The highest BCUT2D eigenvalue weighted by atomic mass is 16.6. The van der Waals surface area contributed by atoms with Crippen molar-refractivity contribution in [2.45, 2.75) is 69.7 Å². The summed E-state index contributed by atoms with van der Waals surface area (Å²) in [7, 11) is 0. The lowest BCUT2D eigenvalue weighted by atomic mass is 9.91. The molecule has 1 unspecified atom stereocenters. The van der Waals surface area contributed by atoms with Crippen molar-refractivity contribution in [3.8, 4) is 6.07 Å². The summed E-state index contributed by atoms with van der Waals surface area (Å²) in [6, 6.07) is 2.08. The van der Waals surface area contributed by atoms with Crippen molar-refractivity contribution in [1.82, 2.24) is 0 Å². The Morgan fingerprint density at radius 2 is 1.95 bits per heavy atom. The van der Waals surface area contributed by atoms with Crippen LogP contribution in [0.2, 0.25) is 0 Å². The van der Waals surface area contributed by atoms with Gasteiger partial charge in [-0.2, -0.15) is 5.26 Å². The average molecular weight is 267 g/mol. The summed E-state index contributed by atoms with van der Waals surface area (Å²) in [5.74, 6) is 0.626. The lowest BCUT2D eigenvalue weighted by Crippen LogP contribution is -2.28. The highest BCUT2D eigenvalue weighted by molar-refractivity contribution is 4.87. The SMILES string of the molecule is N#CCCOC1C[C@H](C2CCCCCC2)O[C@@H]1CO. The second-order valence-electron chi connectivity index (χ2n) is 5.70. The molecule has 1 aliphatic carbocycles. The van der Waals surface area contributed by atoms with Crippen LogP contribution in [0.5, 0.6) is 0 Å². The van der Waals surface area contributed by atoms with Crippen molar-refractivity contribution in [2.24, 2.45) is 5.92 Å². The van der Waals surface area contributed by atoms with E-state index in [1.165, 1.54) is 38.5 Å². The van der Waals surface area contributed by atoms with Crippen LogP contribution in [0.25, 0.3) is 0 Å². The van der Waals surface area contributed by atoms with Crippen LogP contribution in [-0.4, -0.2) is 36.6 Å². The fourth-order valence-electron chi connectivity index (χ4n) is 3.33. The van der Waals surface area contributed by atoms with E-state index >= 15 is 0 Å². The van der Waals surface area contributed by atoms with Gasteiger partial charge in [0.05, 0.1) is 37.9 Å². The van der Waals surface area contributed by atoms with Crippen LogP contribution in [0.1, 0.15) is 51.4 Å². The van der Waals surface area contributed by atoms with Gasteiger partial charge in [-0.15, -0.1) is 0 Å². The molecule has 1 heterocycles. The van der Waals surface area contributed by atoms with E-state index < -0.39 is 0 Å². The third-order valence-electron chi connectivity index (χ3n) is 4.38. The Morgan fingerprint density at radius 3 is 2.58 bits per heavy atom. The van der Waals surface area contributed by atoms with E-state index in [1.807, 2.05) is 0 Å². The van der Waals surface area contributed by atoms with E-state index in [1.54, 1.807) is 0 Å². The third-order valence-corrected chi connectivity index (χ3v) is 4.38. The van der Waals surface area contributed by atoms with E-state index in [2.05, 4.69) is 6.07 Å². The smallest absolute Gasteiger partial charge is 0.107 e. The minimum absolute atomic E-state index is 0.0143. The molecule has 3 atom stereocenters. The molecule has 2 rings (SSSR count). The normalized spacial score (nSPS) is 32.9. The van der Waals surface area contributed by atoms with Crippen LogP contribution < -0.4 is 0 Å². The first-order valence-electron chi connectivity index (χ1n) is 7.60. The van der Waals surface area contributed by atoms with E-state index in [-0.39, 0.29) is 24.9 Å². The first-order valence-corrected chi connectivity index (χ1v) is 7.60. The van der Waals surface area contributed by atoms with Crippen LogP contribution in [0.4, 0.5) is 0 Å². The molecule has 4 nitrogen and oxygen atoms in total. The summed E-state index contributed by atoms with van der Waals surface area (Å²) in [5, 5.41) is 17.9. The van der Waals surface area contributed by atoms with Crippen molar-refractivity contribution in [2.75, 3.05) is 13.2 Å². The Labute approximate surface area is 115 Å². The average Bonchev–Trinajstić information content (AvgIpc) is 2.65. The molecule has 0 radical (unpaired) electrons. The van der Waals surface area contributed by atoms with Crippen LogP contribution in [0.15, 0.2) is 0 Å². The standard InChI is InChI=1S/C15H25NO3/c16-8-5-9-18-14-10-13(19-15(14)11-17)12-6-3-1-2-4-7-12/h12-15,17H,1-7,9-11H2/t13-,14?,15-/m1/s1. The minimum Gasteiger partial charge on any atom is -0.394 e. The summed E-state index contributed by atoms with van der Waals surface area (Å²) in [4.78, 5) is 0. The van der Waals surface area contributed by atoms with E-state index in [0.29, 0.717) is 18.9 Å². The van der Waals surface area contributed by atoms with Crippen molar-refractivity contribution in [1.29, 1.82) is 5.26 Å². The van der Waals surface area contributed by atoms with E-state index in [0.717, 1.165) is 6.42 Å². The maximum Gasteiger partial charge on any atom is 0.107 e. The predicted octanol–water partition coefficient (Wildman–Crippen LogP) is 2.41. The number of hydrogen-bond acceptors (Lipinski definition) is 4. The summed E-state index contributed by atoms with van der Waals surface area (Å²) < 4.78 is 11.7. The zero-order valence-electron chi connectivity index (χ0n) is 11.6.